The topological polar surface area (TPSA) is 56.8 Å². The number of alkyl carbamates (subject to hydrolysis) is 1. The van der Waals surface area contributed by atoms with Crippen LogP contribution >= 0.6 is 0 Å². The van der Waals surface area contributed by atoms with Crippen molar-refractivity contribution in [2.24, 2.45) is 0 Å². The molecule has 0 saturated carbocycles. The number of ether oxygens (including phenoxy) is 3. The summed E-state index contributed by atoms with van der Waals surface area (Å²) in [5.41, 5.74) is 0.739. The monoisotopic (exact) mass is 393 g/mol. The SMILES string of the molecule is COCOc1ccc(CCNC(=O)OC(C)(C)C)cc1-c1cccc(F)c1F. The minimum atomic E-state index is -0.950. The third-order valence-corrected chi connectivity index (χ3v) is 3.70. The molecular formula is C21H25F2NO4. The summed E-state index contributed by atoms with van der Waals surface area (Å²) in [6.07, 6.45) is -0.0303. The van der Waals surface area contributed by atoms with Crippen molar-refractivity contribution in [1.82, 2.24) is 5.32 Å². The van der Waals surface area contributed by atoms with Crippen LogP contribution in [0.15, 0.2) is 36.4 Å². The van der Waals surface area contributed by atoms with E-state index in [1.165, 1.54) is 19.2 Å². The van der Waals surface area contributed by atoms with Gasteiger partial charge in [0, 0.05) is 24.8 Å². The lowest BCUT2D eigenvalue weighted by Gasteiger charge is -2.19. The first-order chi connectivity index (χ1) is 13.2. The van der Waals surface area contributed by atoms with Gasteiger partial charge in [0.1, 0.15) is 11.4 Å². The summed E-state index contributed by atoms with van der Waals surface area (Å²) in [4.78, 5) is 11.7. The van der Waals surface area contributed by atoms with Gasteiger partial charge in [-0.25, -0.2) is 13.6 Å². The van der Waals surface area contributed by atoms with Gasteiger partial charge in [-0.2, -0.15) is 0 Å². The Balaban J connectivity index is 2.19. The van der Waals surface area contributed by atoms with Gasteiger partial charge in [-0.1, -0.05) is 18.2 Å². The van der Waals surface area contributed by atoms with E-state index in [1.54, 1.807) is 39.0 Å². The van der Waals surface area contributed by atoms with Gasteiger partial charge in [0.2, 0.25) is 0 Å². The number of benzene rings is 2. The van der Waals surface area contributed by atoms with Crippen molar-refractivity contribution in [3.05, 3.63) is 53.6 Å². The molecule has 0 unspecified atom stereocenters. The van der Waals surface area contributed by atoms with Crippen molar-refractivity contribution >= 4 is 6.09 Å². The lowest BCUT2D eigenvalue weighted by molar-refractivity contribution is 0.0513. The molecule has 0 heterocycles. The number of carbonyl (C=O) groups is 1. The van der Waals surface area contributed by atoms with Crippen molar-refractivity contribution < 1.29 is 27.8 Å². The highest BCUT2D eigenvalue weighted by Crippen LogP contribution is 2.33. The Morgan fingerprint density at radius 2 is 1.86 bits per heavy atom. The first-order valence-electron chi connectivity index (χ1n) is 8.87. The molecule has 2 aromatic rings. The Hall–Kier alpha value is -2.67. The number of hydrogen-bond donors (Lipinski definition) is 1. The summed E-state index contributed by atoms with van der Waals surface area (Å²) in [6, 6.07) is 9.15. The maximum atomic E-state index is 14.3. The minimum Gasteiger partial charge on any atom is -0.467 e. The van der Waals surface area contributed by atoms with Crippen molar-refractivity contribution in [2.75, 3.05) is 20.4 Å². The number of nitrogens with one attached hydrogen (secondary N) is 1. The highest BCUT2D eigenvalue weighted by atomic mass is 19.2. The Morgan fingerprint density at radius 3 is 2.54 bits per heavy atom. The van der Waals surface area contributed by atoms with E-state index in [9.17, 15) is 13.6 Å². The number of halogens is 2. The van der Waals surface area contributed by atoms with Crippen molar-refractivity contribution in [3.63, 3.8) is 0 Å². The molecule has 7 heteroatoms. The molecule has 0 fully saturated rings. The van der Waals surface area contributed by atoms with Gasteiger partial charge in [0.25, 0.3) is 0 Å². The molecule has 0 saturated heterocycles. The van der Waals surface area contributed by atoms with Gasteiger partial charge in [-0.15, -0.1) is 0 Å². The average Bonchev–Trinajstić information content (AvgIpc) is 2.61. The van der Waals surface area contributed by atoms with Crippen molar-refractivity contribution in [2.45, 2.75) is 32.8 Å². The van der Waals surface area contributed by atoms with Crippen LogP contribution in [0.1, 0.15) is 26.3 Å². The van der Waals surface area contributed by atoms with E-state index in [1.807, 2.05) is 0 Å². The van der Waals surface area contributed by atoms with Crippen LogP contribution in [0.2, 0.25) is 0 Å². The smallest absolute Gasteiger partial charge is 0.407 e. The molecule has 0 bridgehead atoms. The van der Waals surface area contributed by atoms with E-state index < -0.39 is 23.3 Å². The largest absolute Gasteiger partial charge is 0.467 e. The lowest BCUT2D eigenvalue weighted by atomic mass is 10.00. The molecule has 2 rings (SSSR count). The molecule has 0 radical (unpaired) electrons. The number of rotatable bonds is 7. The van der Waals surface area contributed by atoms with E-state index in [-0.39, 0.29) is 12.4 Å². The molecule has 1 amide bonds. The fraction of sp³-hybridized carbons (Fsp3) is 0.381. The minimum absolute atomic E-state index is 0.0243. The van der Waals surface area contributed by atoms with Crippen LogP contribution in [-0.2, 0) is 15.9 Å². The Kier molecular flexibility index (Phi) is 7.34. The molecule has 0 aliphatic carbocycles. The molecule has 0 spiro atoms. The van der Waals surface area contributed by atoms with Crippen LogP contribution in [0.25, 0.3) is 11.1 Å². The number of methoxy groups -OCH3 is 1. The summed E-state index contributed by atoms with van der Waals surface area (Å²) >= 11 is 0. The van der Waals surface area contributed by atoms with Crippen LogP contribution < -0.4 is 10.1 Å². The van der Waals surface area contributed by atoms with Crippen LogP contribution in [0.4, 0.5) is 13.6 Å². The second-order valence-corrected chi connectivity index (χ2v) is 7.16. The maximum absolute atomic E-state index is 14.3. The number of amides is 1. The van der Waals surface area contributed by atoms with Gasteiger partial charge >= 0.3 is 6.09 Å². The van der Waals surface area contributed by atoms with Crippen LogP contribution in [-0.4, -0.2) is 32.1 Å². The second-order valence-electron chi connectivity index (χ2n) is 7.16. The van der Waals surface area contributed by atoms with Gasteiger partial charge in [0.15, 0.2) is 18.4 Å². The summed E-state index contributed by atoms with van der Waals surface area (Å²) in [7, 11) is 1.47. The van der Waals surface area contributed by atoms with E-state index in [0.29, 0.717) is 24.3 Å². The predicted octanol–water partition coefficient (Wildman–Crippen LogP) is 4.68. The molecule has 0 aromatic heterocycles. The molecular weight excluding hydrogens is 368 g/mol. The molecule has 0 aliphatic heterocycles. The fourth-order valence-corrected chi connectivity index (χ4v) is 2.53. The number of carbonyl (C=O) groups excluding carboxylic acids is 1. The van der Waals surface area contributed by atoms with Crippen LogP contribution in [0, 0.1) is 11.6 Å². The van der Waals surface area contributed by atoms with Gasteiger partial charge in [-0.05, 0) is 51.0 Å². The maximum Gasteiger partial charge on any atom is 0.407 e. The standard InChI is InChI=1S/C21H25F2NO4/c1-21(2,3)28-20(25)24-11-10-14-8-9-18(27-13-26-4)16(12-14)15-6-5-7-17(22)19(15)23/h5-9,12H,10-11,13H2,1-4H3,(H,24,25). The fourth-order valence-electron chi connectivity index (χ4n) is 2.53. The van der Waals surface area contributed by atoms with Gasteiger partial charge < -0.3 is 19.5 Å². The summed E-state index contributed by atoms with van der Waals surface area (Å²) in [6.45, 7) is 5.66. The van der Waals surface area contributed by atoms with E-state index in [0.717, 1.165) is 11.6 Å². The molecule has 0 atom stereocenters. The second kappa shape index (κ2) is 9.50. The third-order valence-electron chi connectivity index (χ3n) is 3.70. The highest BCUT2D eigenvalue weighted by Gasteiger charge is 2.17. The molecule has 5 nitrogen and oxygen atoms in total. The molecule has 28 heavy (non-hydrogen) atoms. The predicted molar refractivity (Wildman–Crippen MR) is 102 cm³/mol. The van der Waals surface area contributed by atoms with Crippen molar-refractivity contribution in [1.29, 1.82) is 0 Å². The molecule has 2 aromatic carbocycles. The highest BCUT2D eigenvalue weighted by molar-refractivity contribution is 5.72. The zero-order valence-electron chi connectivity index (χ0n) is 16.5. The number of hydrogen-bond acceptors (Lipinski definition) is 4. The van der Waals surface area contributed by atoms with Gasteiger partial charge in [0.05, 0.1) is 0 Å². The van der Waals surface area contributed by atoms with Crippen LogP contribution in [0.3, 0.4) is 0 Å². The first-order valence-corrected chi connectivity index (χ1v) is 8.87. The van der Waals surface area contributed by atoms with E-state index in [2.05, 4.69) is 5.32 Å². The molecule has 152 valence electrons. The Labute approximate surface area is 163 Å². The first kappa shape index (κ1) is 21.6. The quantitative estimate of drug-likeness (QED) is 0.694. The van der Waals surface area contributed by atoms with Crippen LogP contribution in [0.5, 0.6) is 5.75 Å². The summed E-state index contributed by atoms with van der Waals surface area (Å²) in [5.74, 6) is -1.52. The van der Waals surface area contributed by atoms with E-state index in [4.69, 9.17) is 14.2 Å². The van der Waals surface area contributed by atoms with E-state index >= 15 is 0 Å². The van der Waals surface area contributed by atoms with Crippen molar-refractivity contribution in [3.8, 4) is 16.9 Å². The molecule has 1 N–H and O–H groups in total. The third kappa shape index (κ3) is 6.20. The Morgan fingerprint density at radius 1 is 1.11 bits per heavy atom. The summed E-state index contributed by atoms with van der Waals surface area (Å²) < 4.78 is 43.5. The molecule has 0 aliphatic rings. The zero-order chi connectivity index (χ0) is 20.7. The normalized spacial score (nSPS) is 11.2. The lowest BCUT2D eigenvalue weighted by Crippen LogP contribution is -2.33. The van der Waals surface area contributed by atoms with Gasteiger partial charge in [-0.3, -0.25) is 0 Å². The average molecular weight is 393 g/mol. The summed E-state index contributed by atoms with van der Waals surface area (Å²) in [5, 5.41) is 2.67. The Bertz CT molecular complexity index is 819. The zero-order valence-corrected chi connectivity index (χ0v) is 16.5.